The third-order valence-electron chi connectivity index (χ3n) is 1.64. The van der Waals surface area contributed by atoms with E-state index in [-0.39, 0.29) is 0 Å². The van der Waals surface area contributed by atoms with Crippen molar-refractivity contribution in [1.82, 2.24) is 4.98 Å². The molecule has 0 radical (unpaired) electrons. The summed E-state index contributed by atoms with van der Waals surface area (Å²) < 4.78 is 76.4. The molecule has 0 amide bonds. The third-order valence-corrected chi connectivity index (χ3v) is 1.64. The molecular weight excluding hydrogens is 266 g/mol. The lowest BCUT2D eigenvalue weighted by Gasteiger charge is -2.11. The number of halogens is 6. The Morgan fingerprint density at radius 2 is 1.78 bits per heavy atom. The van der Waals surface area contributed by atoms with E-state index in [1.807, 2.05) is 0 Å². The summed E-state index contributed by atoms with van der Waals surface area (Å²) in [5, 5.41) is 8.51. The third kappa shape index (κ3) is 3.80. The molecule has 0 aliphatic heterocycles. The Hall–Kier alpha value is -1.98. The maximum atomic E-state index is 12.3. The second kappa shape index (κ2) is 4.72. The molecule has 3 nitrogen and oxygen atoms in total. The van der Waals surface area contributed by atoms with Gasteiger partial charge in [0.2, 0.25) is 5.88 Å². The first-order chi connectivity index (χ1) is 8.13. The van der Waals surface area contributed by atoms with E-state index in [2.05, 4.69) is 9.72 Å². The summed E-state index contributed by atoms with van der Waals surface area (Å²) in [5.74, 6) is -0.996. The van der Waals surface area contributed by atoms with Crippen molar-refractivity contribution in [1.29, 1.82) is 5.26 Å². The highest BCUT2D eigenvalue weighted by molar-refractivity contribution is 5.39. The minimum Gasteiger partial charge on any atom is -0.467 e. The zero-order chi connectivity index (χ0) is 14.0. The molecule has 0 N–H and O–H groups in total. The molecule has 9 heteroatoms. The van der Waals surface area contributed by atoms with Crippen LogP contribution < -0.4 is 4.74 Å². The van der Waals surface area contributed by atoms with Crippen LogP contribution in [-0.4, -0.2) is 17.8 Å². The van der Waals surface area contributed by atoms with Crippen LogP contribution in [0.15, 0.2) is 12.1 Å². The van der Waals surface area contributed by atoms with Crippen LogP contribution in [0, 0.1) is 11.3 Å². The Morgan fingerprint density at radius 1 is 1.17 bits per heavy atom. The molecule has 0 fully saturated rings. The van der Waals surface area contributed by atoms with Crippen LogP contribution in [-0.2, 0) is 6.18 Å². The first-order valence-electron chi connectivity index (χ1n) is 4.31. The summed E-state index contributed by atoms with van der Waals surface area (Å²) in [6.45, 7) is -1.82. The van der Waals surface area contributed by atoms with Gasteiger partial charge in [-0.3, -0.25) is 0 Å². The van der Waals surface area contributed by atoms with Crippen LogP contribution in [0.4, 0.5) is 26.3 Å². The van der Waals surface area contributed by atoms with Crippen LogP contribution in [0.1, 0.15) is 11.3 Å². The van der Waals surface area contributed by atoms with Crippen molar-refractivity contribution in [2.45, 2.75) is 12.4 Å². The lowest BCUT2D eigenvalue weighted by molar-refractivity contribution is -0.154. The van der Waals surface area contributed by atoms with Gasteiger partial charge in [-0.1, -0.05) is 0 Å². The molecule has 18 heavy (non-hydrogen) atoms. The fourth-order valence-electron chi connectivity index (χ4n) is 0.944. The highest BCUT2D eigenvalue weighted by Crippen LogP contribution is 2.30. The van der Waals surface area contributed by atoms with Gasteiger partial charge in [-0.25, -0.2) is 4.98 Å². The van der Waals surface area contributed by atoms with E-state index in [0.29, 0.717) is 12.1 Å². The number of rotatable bonds is 2. The van der Waals surface area contributed by atoms with Crippen LogP contribution in [0.5, 0.6) is 5.88 Å². The van der Waals surface area contributed by atoms with Gasteiger partial charge in [0.05, 0.1) is 0 Å². The molecule has 0 bridgehead atoms. The molecule has 1 heterocycles. The molecule has 1 aromatic rings. The van der Waals surface area contributed by atoms with Gasteiger partial charge < -0.3 is 4.74 Å². The fraction of sp³-hybridized carbons (Fsp3) is 0.333. The van der Waals surface area contributed by atoms with Crippen molar-refractivity contribution in [2.75, 3.05) is 6.61 Å². The van der Waals surface area contributed by atoms with Crippen molar-refractivity contribution in [3.63, 3.8) is 0 Å². The number of nitriles is 1. The fourth-order valence-corrected chi connectivity index (χ4v) is 0.944. The van der Waals surface area contributed by atoms with E-state index >= 15 is 0 Å². The van der Waals surface area contributed by atoms with Gasteiger partial charge in [-0.15, -0.1) is 0 Å². The number of aromatic nitrogens is 1. The van der Waals surface area contributed by atoms with Crippen molar-refractivity contribution in [3.05, 3.63) is 23.4 Å². The molecule has 0 saturated carbocycles. The predicted molar refractivity (Wildman–Crippen MR) is 45.5 cm³/mol. The highest BCUT2D eigenvalue weighted by atomic mass is 19.4. The first kappa shape index (κ1) is 14.1. The minimum atomic E-state index is -4.83. The number of pyridine rings is 1. The molecule has 0 spiro atoms. The van der Waals surface area contributed by atoms with Gasteiger partial charge in [0.1, 0.15) is 17.3 Å². The number of alkyl halides is 6. The Labute approximate surface area is 96.6 Å². The van der Waals surface area contributed by atoms with E-state index in [4.69, 9.17) is 5.26 Å². The Balaban J connectivity index is 3.05. The van der Waals surface area contributed by atoms with Gasteiger partial charge in [-0.05, 0) is 12.1 Å². The Morgan fingerprint density at radius 3 is 2.22 bits per heavy atom. The van der Waals surface area contributed by atoms with E-state index in [0.717, 1.165) is 0 Å². The summed E-state index contributed by atoms with van der Waals surface area (Å²) in [4.78, 5) is 2.85. The molecule has 0 aliphatic carbocycles. The Kier molecular flexibility index (Phi) is 3.69. The van der Waals surface area contributed by atoms with Crippen LogP contribution in [0.25, 0.3) is 0 Å². The summed E-state index contributed by atoms with van der Waals surface area (Å²) in [7, 11) is 0. The number of ether oxygens (including phenoxy) is 1. The molecule has 0 aromatic carbocycles. The smallest absolute Gasteiger partial charge is 0.433 e. The Bertz CT molecular complexity index is 473. The second-order valence-corrected chi connectivity index (χ2v) is 3.06. The normalized spacial score (nSPS) is 12.1. The molecule has 1 aromatic heterocycles. The quantitative estimate of drug-likeness (QED) is 0.776. The molecule has 1 rings (SSSR count). The molecule has 98 valence electrons. The molecule has 0 atom stereocenters. The van der Waals surface area contributed by atoms with Crippen LogP contribution >= 0.6 is 0 Å². The topological polar surface area (TPSA) is 45.9 Å². The highest BCUT2D eigenvalue weighted by Gasteiger charge is 2.34. The zero-order valence-corrected chi connectivity index (χ0v) is 8.43. The number of hydrogen-bond donors (Lipinski definition) is 0. The van der Waals surface area contributed by atoms with Crippen molar-refractivity contribution in [3.8, 4) is 11.9 Å². The SMILES string of the molecule is N#Cc1ccc(C(F)(F)F)nc1OCC(F)(F)F. The lowest BCUT2D eigenvalue weighted by atomic mass is 10.2. The second-order valence-electron chi connectivity index (χ2n) is 3.06. The number of nitrogens with zero attached hydrogens (tertiary/aromatic N) is 2. The summed E-state index contributed by atoms with van der Waals surface area (Å²) in [6.07, 6.45) is -9.56. The standard InChI is InChI=1S/C9H4F6N2O/c10-8(11,12)4-18-7-5(3-16)1-2-6(17-7)9(13,14)15/h1-2H,4H2. The number of hydrogen-bond acceptors (Lipinski definition) is 3. The van der Waals surface area contributed by atoms with Gasteiger partial charge in [-0.2, -0.15) is 31.6 Å². The average Bonchev–Trinajstić information content (AvgIpc) is 2.23. The summed E-state index contributed by atoms with van der Waals surface area (Å²) >= 11 is 0. The lowest BCUT2D eigenvalue weighted by Crippen LogP contribution is -2.20. The van der Waals surface area contributed by atoms with Crippen LogP contribution in [0.3, 0.4) is 0 Å². The van der Waals surface area contributed by atoms with E-state index in [1.165, 1.54) is 6.07 Å². The molecule has 0 aliphatic rings. The maximum Gasteiger partial charge on any atom is 0.433 e. The van der Waals surface area contributed by atoms with Gasteiger partial charge >= 0.3 is 12.4 Å². The van der Waals surface area contributed by atoms with Gasteiger partial charge in [0.25, 0.3) is 0 Å². The maximum absolute atomic E-state index is 12.3. The largest absolute Gasteiger partial charge is 0.467 e. The monoisotopic (exact) mass is 270 g/mol. The molecule has 0 saturated heterocycles. The summed E-state index contributed by atoms with van der Waals surface area (Å²) in [5.41, 5.74) is -1.94. The first-order valence-corrected chi connectivity index (χ1v) is 4.31. The van der Waals surface area contributed by atoms with E-state index in [9.17, 15) is 26.3 Å². The van der Waals surface area contributed by atoms with Crippen molar-refractivity contribution in [2.24, 2.45) is 0 Å². The van der Waals surface area contributed by atoms with E-state index < -0.39 is 36.1 Å². The minimum absolute atomic E-state index is 0.485. The predicted octanol–water partition coefficient (Wildman–Crippen LogP) is 2.91. The van der Waals surface area contributed by atoms with Gasteiger partial charge in [0, 0.05) is 0 Å². The zero-order valence-electron chi connectivity index (χ0n) is 8.43. The summed E-state index contributed by atoms with van der Waals surface area (Å²) in [6, 6.07) is 2.57. The average molecular weight is 270 g/mol. The van der Waals surface area contributed by atoms with E-state index in [1.54, 1.807) is 0 Å². The van der Waals surface area contributed by atoms with Gasteiger partial charge in [0.15, 0.2) is 6.61 Å². The van der Waals surface area contributed by atoms with Crippen molar-refractivity contribution < 1.29 is 31.1 Å². The molecular formula is C9H4F6N2O. The van der Waals surface area contributed by atoms with Crippen molar-refractivity contribution >= 4 is 0 Å². The molecule has 0 unspecified atom stereocenters. The van der Waals surface area contributed by atoms with Crippen LogP contribution in [0.2, 0.25) is 0 Å².